The van der Waals surface area contributed by atoms with Gasteiger partial charge < -0.3 is 10.2 Å². The first kappa shape index (κ1) is 14.4. The summed E-state index contributed by atoms with van der Waals surface area (Å²) in [6, 6.07) is 2.68. The van der Waals surface area contributed by atoms with Crippen LogP contribution in [0.3, 0.4) is 0 Å². The highest BCUT2D eigenvalue weighted by Gasteiger charge is 2.09. The second-order valence-electron chi connectivity index (χ2n) is 3.58. The van der Waals surface area contributed by atoms with Crippen molar-refractivity contribution in [1.82, 2.24) is 10.4 Å². The van der Waals surface area contributed by atoms with Gasteiger partial charge in [-0.2, -0.15) is 5.10 Å². The SMILES string of the molecule is Nc1nc(C(=O)NN=CC=Cc2ccc([N+](=O)[O-])o2)cs1. The largest absolute Gasteiger partial charge is 0.433 e. The molecule has 0 fully saturated rings. The Morgan fingerprint density at radius 3 is 3.00 bits per heavy atom. The van der Waals surface area contributed by atoms with Crippen LogP contribution in [0.4, 0.5) is 11.0 Å². The average Bonchev–Trinajstić information content (AvgIpc) is 3.07. The zero-order chi connectivity index (χ0) is 15.2. The number of aromatic nitrogens is 1. The molecule has 3 N–H and O–H groups in total. The molecule has 0 saturated heterocycles. The second-order valence-corrected chi connectivity index (χ2v) is 4.47. The van der Waals surface area contributed by atoms with Crippen LogP contribution in [-0.4, -0.2) is 22.0 Å². The van der Waals surface area contributed by atoms with Crippen LogP contribution in [0.15, 0.2) is 33.1 Å². The molecular formula is C11H9N5O4S. The highest BCUT2D eigenvalue weighted by molar-refractivity contribution is 7.13. The minimum absolute atomic E-state index is 0.181. The second kappa shape index (κ2) is 6.43. The number of amides is 1. The molecule has 0 aromatic carbocycles. The number of carbonyl (C=O) groups excluding carboxylic acids is 1. The average molecular weight is 307 g/mol. The van der Waals surface area contributed by atoms with Gasteiger partial charge in [0.1, 0.15) is 16.4 Å². The molecule has 108 valence electrons. The standard InChI is InChI=1S/C11H9N5O4S/c12-11-14-8(6-21-11)10(17)15-13-5-1-2-7-3-4-9(20-7)16(18)19/h1-6H,(H2,12,14)(H,15,17). The molecule has 0 aliphatic carbocycles. The maximum atomic E-state index is 11.5. The van der Waals surface area contributed by atoms with E-state index in [0.717, 1.165) is 11.3 Å². The van der Waals surface area contributed by atoms with Crippen LogP contribution in [0.1, 0.15) is 16.2 Å². The van der Waals surface area contributed by atoms with Gasteiger partial charge in [0.05, 0.1) is 6.07 Å². The number of furan rings is 1. The van der Waals surface area contributed by atoms with E-state index < -0.39 is 10.8 Å². The Morgan fingerprint density at radius 2 is 2.38 bits per heavy atom. The van der Waals surface area contributed by atoms with Crippen molar-refractivity contribution in [2.24, 2.45) is 5.10 Å². The van der Waals surface area contributed by atoms with E-state index in [4.69, 9.17) is 10.2 Å². The first-order valence-electron chi connectivity index (χ1n) is 5.51. The topological polar surface area (TPSA) is 137 Å². The highest BCUT2D eigenvalue weighted by Crippen LogP contribution is 2.16. The molecule has 2 aromatic rings. The lowest BCUT2D eigenvalue weighted by Gasteiger charge is -1.92. The third-order valence-electron chi connectivity index (χ3n) is 2.13. The lowest BCUT2D eigenvalue weighted by molar-refractivity contribution is -0.402. The Morgan fingerprint density at radius 1 is 1.57 bits per heavy atom. The summed E-state index contributed by atoms with van der Waals surface area (Å²) in [6.07, 6.45) is 4.21. The molecule has 2 heterocycles. The van der Waals surface area contributed by atoms with Crippen molar-refractivity contribution in [2.45, 2.75) is 0 Å². The van der Waals surface area contributed by atoms with Gasteiger partial charge in [-0.1, -0.05) is 0 Å². The quantitative estimate of drug-likeness (QED) is 0.489. The number of allylic oxidation sites excluding steroid dienone is 1. The van der Waals surface area contributed by atoms with Gasteiger partial charge in [0.15, 0.2) is 5.13 Å². The summed E-state index contributed by atoms with van der Waals surface area (Å²) in [7, 11) is 0. The van der Waals surface area contributed by atoms with Crippen LogP contribution in [0.5, 0.6) is 0 Å². The summed E-state index contributed by atoms with van der Waals surface area (Å²) in [6.45, 7) is 0. The van der Waals surface area contributed by atoms with E-state index in [-0.39, 0.29) is 11.6 Å². The van der Waals surface area contributed by atoms with E-state index in [1.165, 1.54) is 35.9 Å². The number of hydrogen-bond acceptors (Lipinski definition) is 8. The number of nitro groups is 1. The number of nitrogens with zero attached hydrogens (tertiary/aromatic N) is 3. The molecule has 0 aliphatic heterocycles. The minimum atomic E-state index is -0.634. The first-order chi connectivity index (χ1) is 10.1. The fourth-order valence-electron chi connectivity index (χ4n) is 1.26. The minimum Gasteiger partial charge on any atom is -0.401 e. The van der Waals surface area contributed by atoms with Crippen LogP contribution < -0.4 is 11.2 Å². The zero-order valence-corrected chi connectivity index (χ0v) is 11.2. The van der Waals surface area contributed by atoms with E-state index in [0.29, 0.717) is 10.9 Å². The van der Waals surface area contributed by atoms with E-state index >= 15 is 0 Å². The Hall–Kier alpha value is -3.01. The fourth-order valence-corrected chi connectivity index (χ4v) is 1.80. The molecule has 0 radical (unpaired) electrons. The Balaban J connectivity index is 1.85. The Labute approximate surface area is 121 Å². The Bertz CT molecular complexity index is 718. The number of anilines is 1. The van der Waals surface area contributed by atoms with E-state index in [2.05, 4.69) is 15.5 Å². The van der Waals surface area contributed by atoms with Crippen molar-refractivity contribution in [1.29, 1.82) is 0 Å². The molecule has 0 saturated carbocycles. The van der Waals surface area contributed by atoms with Gasteiger partial charge in [0, 0.05) is 11.6 Å². The number of nitrogens with two attached hydrogens (primary N) is 1. The van der Waals surface area contributed by atoms with Gasteiger partial charge in [0.2, 0.25) is 0 Å². The summed E-state index contributed by atoms with van der Waals surface area (Å²) in [5.41, 5.74) is 7.83. The lowest BCUT2D eigenvalue weighted by Crippen LogP contribution is -2.17. The van der Waals surface area contributed by atoms with Gasteiger partial charge in [-0.3, -0.25) is 14.9 Å². The summed E-state index contributed by atoms with van der Waals surface area (Å²) in [4.78, 5) is 25.1. The summed E-state index contributed by atoms with van der Waals surface area (Å²) in [5.74, 6) is -0.533. The van der Waals surface area contributed by atoms with Crippen molar-refractivity contribution in [2.75, 3.05) is 5.73 Å². The molecule has 2 aromatic heterocycles. The highest BCUT2D eigenvalue weighted by atomic mass is 32.1. The number of rotatable bonds is 5. The van der Waals surface area contributed by atoms with E-state index in [9.17, 15) is 14.9 Å². The van der Waals surface area contributed by atoms with Crippen LogP contribution in [0.2, 0.25) is 0 Å². The molecule has 9 nitrogen and oxygen atoms in total. The fraction of sp³-hybridized carbons (Fsp3) is 0. The number of nitrogens with one attached hydrogen (secondary N) is 1. The van der Waals surface area contributed by atoms with Crippen LogP contribution in [-0.2, 0) is 0 Å². The predicted octanol–water partition coefficient (Wildman–Crippen LogP) is 1.66. The molecule has 0 unspecified atom stereocenters. The molecule has 10 heteroatoms. The van der Waals surface area contributed by atoms with Crippen molar-refractivity contribution in [3.63, 3.8) is 0 Å². The van der Waals surface area contributed by atoms with E-state index in [1.54, 1.807) is 0 Å². The lowest BCUT2D eigenvalue weighted by atomic mass is 10.4. The number of nitrogen functional groups attached to an aromatic ring is 1. The number of hydrogen-bond donors (Lipinski definition) is 2. The third kappa shape index (κ3) is 3.98. The molecule has 1 amide bonds. The maximum Gasteiger partial charge on any atom is 0.433 e. The molecule has 0 aliphatic rings. The predicted molar refractivity (Wildman–Crippen MR) is 76.9 cm³/mol. The van der Waals surface area contributed by atoms with Crippen LogP contribution >= 0.6 is 11.3 Å². The van der Waals surface area contributed by atoms with Gasteiger partial charge >= 0.3 is 5.88 Å². The van der Waals surface area contributed by atoms with Crippen molar-refractivity contribution < 1.29 is 14.1 Å². The summed E-state index contributed by atoms with van der Waals surface area (Å²) >= 11 is 1.15. The van der Waals surface area contributed by atoms with Gasteiger partial charge in [-0.15, -0.1) is 11.3 Å². The van der Waals surface area contributed by atoms with E-state index in [1.807, 2.05) is 0 Å². The van der Waals surface area contributed by atoms with Crippen molar-refractivity contribution in [3.05, 3.63) is 45.2 Å². The van der Waals surface area contributed by atoms with Crippen molar-refractivity contribution >= 4 is 40.6 Å². The van der Waals surface area contributed by atoms with Crippen molar-refractivity contribution in [3.8, 4) is 0 Å². The maximum absolute atomic E-state index is 11.5. The van der Waals surface area contributed by atoms with Crippen LogP contribution in [0.25, 0.3) is 6.08 Å². The molecule has 0 atom stereocenters. The zero-order valence-electron chi connectivity index (χ0n) is 10.4. The van der Waals surface area contributed by atoms with Crippen LogP contribution in [0, 0.1) is 10.1 Å². The summed E-state index contributed by atoms with van der Waals surface area (Å²) in [5, 5.41) is 15.9. The monoisotopic (exact) mass is 307 g/mol. The van der Waals surface area contributed by atoms with Gasteiger partial charge in [-0.25, -0.2) is 10.4 Å². The first-order valence-corrected chi connectivity index (χ1v) is 6.39. The third-order valence-corrected chi connectivity index (χ3v) is 2.81. The molecule has 0 spiro atoms. The molecule has 0 bridgehead atoms. The molecule has 21 heavy (non-hydrogen) atoms. The summed E-state index contributed by atoms with van der Waals surface area (Å²) < 4.78 is 4.89. The molecule has 2 rings (SSSR count). The van der Waals surface area contributed by atoms with Gasteiger partial charge in [0.25, 0.3) is 5.91 Å². The molecular weight excluding hydrogens is 298 g/mol. The smallest absolute Gasteiger partial charge is 0.401 e. The number of carbonyl (C=O) groups is 1. The Kier molecular flexibility index (Phi) is 4.41. The number of thiazole rings is 1. The number of hydrazone groups is 1. The van der Waals surface area contributed by atoms with Gasteiger partial charge in [-0.05, 0) is 18.2 Å². The normalized spacial score (nSPS) is 11.2.